The van der Waals surface area contributed by atoms with Crippen molar-refractivity contribution < 1.29 is 14.6 Å². The van der Waals surface area contributed by atoms with Crippen molar-refractivity contribution >= 4 is 32.6 Å². The van der Waals surface area contributed by atoms with Gasteiger partial charge in [0.05, 0.1) is 29.1 Å². The number of amides is 1. The van der Waals surface area contributed by atoms with E-state index in [-0.39, 0.29) is 11.3 Å². The number of aromatic nitrogens is 2. The van der Waals surface area contributed by atoms with Gasteiger partial charge in [0.2, 0.25) is 0 Å². The number of hydrogen-bond acceptors (Lipinski definition) is 6. The van der Waals surface area contributed by atoms with E-state index in [1.54, 1.807) is 7.11 Å². The van der Waals surface area contributed by atoms with Crippen LogP contribution in [0.5, 0.6) is 11.5 Å². The van der Waals surface area contributed by atoms with Crippen LogP contribution in [-0.2, 0) is 0 Å². The van der Waals surface area contributed by atoms with Gasteiger partial charge in [-0.3, -0.25) is 15.1 Å². The molecule has 0 bridgehead atoms. The molecule has 21 heavy (non-hydrogen) atoms. The molecule has 3 rings (SSSR count). The first-order chi connectivity index (χ1) is 10.2. The zero-order chi connectivity index (χ0) is 14.8. The van der Waals surface area contributed by atoms with Crippen LogP contribution < -0.4 is 10.1 Å². The normalized spacial score (nSPS) is 10.5. The second kappa shape index (κ2) is 5.37. The average Bonchev–Trinajstić information content (AvgIpc) is 2.88. The second-order valence-electron chi connectivity index (χ2n) is 4.20. The minimum Gasteiger partial charge on any atom is -0.505 e. The number of carbonyl (C=O) groups is 1. The first-order valence-corrected chi connectivity index (χ1v) is 6.88. The fourth-order valence-corrected chi connectivity index (χ4v) is 2.72. The molecule has 3 aromatic rings. The van der Waals surface area contributed by atoms with Gasteiger partial charge in [0.25, 0.3) is 5.91 Å². The molecule has 0 saturated carbocycles. The highest BCUT2D eigenvalue weighted by Crippen LogP contribution is 2.29. The van der Waals surface area contributed by atoms with Crippen LogP contribution in [0.1, 0.15) is 10.4 Å². The van der Waals surface area contributed by atoms with E-state index in [9.17, 15) is 9.90 Å². The van der Waals surface area contributed by atoms with E-state index in [0.29, 0.717) is 5.13 Å². The molecule has 7 heteroatoms. The summed E-state index contributed by atoms with van der Waals surface area (Å²) in [6.07, 6.45) is 2.66. The number of hydrogen-bond donors (Lipinski definition) is 2. The number of nitrogens with one attached hydrogen (secondary N) is 1. The molecule has 0 atom stereocenters. The lowest BCUT2D eigenvalue weighted by Crippen LogP contribution is -2.11. The average molecular weight is 301 g/mol. The predicted octanol–water partition coefficient (Wildman–Crippen LogP) is 2.66. The molecule has 1 amide bonds. The number of fused-ring (bicyclic) bond motifs is 1. The Labute approximate surface area is 124 Å². The number of rotatable bonds is 3. The maximum atomic E-state index is 12.1. The Hall–Kier alpha value is -2.67. The van der Waals surface area contributed by atoms with Crippen LogP contribution in [0.4, 0.5) is 5.13 Å². The van der Waals surface area contributed by atoms with Gasteiger partial charge in [-0.1, -0.05) is 11.3 Å². The molecule has 106 valence electrons. The molecule has 6 nitrogen and oxygen atoms in total. The van der Waals surface area contributed by atoms with Gasteiger partial charge in [0.15, 0.2) is 5.13 Å². The number of methoxy groups -OCH3 is 1. The molecule has 2 N–H and O–H groups in total. The quantitative estimate of drug-likeness (QED) is 0.777. The number of carbonyl (C=O) groups excluding carboxylic acids is 1. The molecular formula is C14H11N3O3S. The van der Waals surface area contributed by atoms with Gasteiger partial charge < -0.3 is 9.84 Å². The SMILES string of the molecule is COc1ccc2nc(NC(=O)c3ccncc3O)sc2c1. The number of thiazole rings is 1. The molecule has 0 unspecified atom stereocenters. The zero-order valence-electron chi connectivity index (χ0n) is 11.0. The van der Waals surface area contributed by atoms with Crippen molar-refractivity contribution in [2.75, 3.05) is 12.4 Å². The van der Waals surface area contributed by atoms with Crippen LogP contribution in [0, 0.1) is 0 Å². The molecule has 0 aliphatic heterocycles. The van der Waals surface area contributed by atoms with Crippen LogP contribution >= 0.6 is 11.3 Å². The summed E-state index contributed by atoms with van der Waals surface area (Å²) in [5.74, 6) is 0.134. The highest BCUT2D eigenvalue weighted by atomic mass is 32.1. The molecule has 0 radical (unpaired) electrons. The molecule has 2 aromatic heterocycles. The Kier molecular flexibility index (Phi) is 3.41. The van der Waals surface area contributed by atoms with Crippen molar-refractivity contribution in [3.8, 4) is 11.5 Å². The molecule has 0 saturated heterocycles. The van der Waals surface area contributed by atoms with E-state index < -0.39 is 5.91 Å². The van der Waals surface area contributed by atoms with Crippen LogP contribution in [0.15, 0.2) is 36.7 Å². The minimum absolute atomic E-state index is 0.154. The summed E-state index contributed by atoms with van der Waals surface area (Å²) < 4.78 is 6.06. The molecule has 1 aromatic carbocycles. The fourth-order valence-electron chi connectivity index (χ4n) is 1.83. The standard InChI is InChI=1S/C14H11N3O3S/c1-20-8-2-3-10-12(6-8)21-14(16-10)17-13(19)9-4-5-15-7-11(9)18/h2-7,18H,1H3,(H,16,17,19). The maximum Gasteiger partial charge on any atom is 0.261 e. The number of benzene rings is 1. The van der Waals surface area contributed by atoms with Crippen LogP contribution in [0.3, 0.4) is 0 Å². The van der Waals surface area contributed by atoms with E-state index in [1.165, 1.54) is 29.8 Å². The highest BCUT2D eigenvalue weighted by Gasteiger charge is 2.13. The van der Waals surface area contributed by atoms with E-state index >= 15 is 0 Å². The van der Waals surface area contributed by atoms with Crippen molar-refractivity contribution in [1.29, 1.82) is 0 Å². The smallest absolute Gasteiger partial charge is 0.261 e. The van der Waals surface area contributed by atoms with Crippen molar-refractivity contribution in [2.45, 2.75) is 0 Å². The van der Waals surface area contributed by atoms with E-state index in [0.717, 1.165) is 16.0 Å². The van der Waals surface area contributed by atoms with Crippen molar-refractivity contribution in [3.63, 3.8) is 0 Å². The summed E-state index contributed by atoms with van der Waals surface area (Å²) in [5, 5.41) is 12.7. The summed E-state index contributed by atoms with van der Waals surface area (Å²) in [6, 6.07) is 6.93. The molecule has 0 aliphatic rings. The summed E-state index contributed by atoms with van der Waals surface area (Å²) >= 11 is 1.34. The third-order valence-electron chi connectivity index (χ3n) is 2.86. The number of pyridine rings is 1. The first kappa shape index (κ1) is 13.3. The zero-order valence-corrected chi connectivity index (χ0v) is 11.8. The van der Waals surface area contributed by atoms with Gasteiger partial charge in [-0.2, -0.15) is 0 Å². The van der Waals surface area contributed by atoms with E-state index in [1.807, 2.05) is 18.2 Å². The van der Waals surface area contributed by atoms with E-state index in [4.69, 9.17) is 4.74 Å². The predicted molar refractivity (Wildman–Crippen MR) is 80.0 cm³/mol. The Morgan fingerprint density at radius 1 is 1.38 bits per heavy atom. The lowest BCUT2D eigenvalue weighted by molar-refractivity contribution is 0.102. The van der Waals surface area contributed by atoms with Gasteiger partial charge in [-0.25, -0.2) is 4.98 Å². The minimum atomic E-state index is -0.430. The van der Waals surface area contributed by atoms with Crippen LogP contribution in [-0.4, -0.2) is 28.1 Å². The Morgan fingerprint density at radius 2 is 2.24 bits per heavy atom. The van der Waals surface area contributed by atoms with Crippen LogP contribution in [0.25, 0.3) is 10.2 Å². The Bertz CT molecular complexity index is 816. The summed E-state index contributed by atoms with van der Waals surface area (Å²) in [5.41, 5.74) is 0.928. The number of aromatic hydroxyl groups is 1. The van der Waals surface area contributed by atoms with Crippen LogP contribution in [0.2, 0.25) is 0 Å². The monoisotopic (exact) mass is 301 g/mol. The fraction of sp³-hybridized carbons (Fsp3) is 0.0714. The third kappa shape index (κ3) is 2.63. The van der Waals surface area contributed by atoms with Gasteiger partial charge in [0, 0.05) is 6.20 Å². The summed E-state index contributed by atoms with van der Waals surface area (Å²) in [6.45, 7) is 0. The molecule has 0 spiro atoms. The summed E-state index contributed by atoms with van der Waals surface area (Å²) in [7, 11) is 1.59. The lowest BCUT2D eigenvalue weighted by Gasteiger charge is -2.02. The molecule has 0 aliphatic carbocycles. The maximum absolute atomic E-state index is 12.1. The third-order valence-corrected chi connectivity index (χ3v) is 3.79. The first-order valence-electron chi connectivity index (χ1n) is 6.06. The lowest BCUT2D eigenvalue weighted by atomic mass is 10.2. The Morgan fingerprint density at radius 3 is 3.00 bits per heavy atom. The molecule has 2 heterocycles. The van der Waals surface area contributed by atoms with Gasteiger partial charge in [-0.15, -0.1) is 0 Å². The molecule has 0 fully saturated rings. The number of anilines is 1. The summed E-state index contributed by atoms with van der Waals surface area (Å²) in [4.78, 5) is 20.1. The van der Waals surface area contributed by atoms with Crippen molar-refractivity contribution in [1.82, 2.24) is 9.97 Å². The largest absolute Gasteiger partial charge is 0.505 e. The van der Waals surface area contributed by atoms with Gasteiger partial charge in [-0.05, 0) is 24.3 Å². The van der Waals surface area contributed by atoms with E-state index in [2.05, 4.69) is 15.3 Å². The van der Waals surface area contributed by atoms with Crippen molar-refractivity contribution in [2.24, 2.45) is 0 Å². The topological polar surface area (TPSA) is 84.3 Å². The van der Waals surface area contributed by atoms with Crippen molar-refractivity contribution in [3.05, 3.63) is 42.2 Å². The molecular weight excluding hydrogens is 290 g/mol. The number of nitrogens with zero attached hydrogens (tertiary/aromatic N) is 2. The van der Waals surface area contributed by atoms with Gasteiger partial charge in [0.1, 0.15) is 11.5 Å². The highest BCUT2D eigenvalue weighted by molar-refractivity contribution is 7.22. The second-order valence-corrected chi connectivity index (χ2v) is 5.23. The Balaban J connectivity index is 1.88. The van der Waals surface area contributed by atoms with Gasteiger partial charge >= 0.3 is 0 Å². The number of ether oxygens (including phenoxy) is 1.